The SMILES string of the molecule is O=[N+]([O-])c1ccc(NC2CCC(O)C2)c([N+](=O)[O-])c1. The molecule has 0 aliphatic heterocycles. The van der Waals surface area contributed by atoms with Crippen LogP contribution in [0.5, 0.6) is 0 Å². The van der Waals surface area contributed by atoms with Crippen molar-refractivity contribution in [3.8, 4) is 0 Å². The van der Waals surface area contributed by atoms with Crippen molar-refractivity contribution in [2.45, 2.75) is 31.4 Å². The minimum Gasteiger partial charge on any atom is -0.393 e. The molecule has 2 unspecified atom stereocenters. The highest BCUT2D eigenvalue weighted by atomic mass is 16.6. The molecule has 0 amide bonds. The molecule has 1 aromatic rings. The highest BCUT2D eigenvalue weighted by molar-refractivity contribution is 5.65. The zero-order chi connectivity index (χ0) is 14.0. The maximum Gasteiger partial charge on any atom is 0.299 e. The molecule has 0 saturated heterocycles. The largest absolute Gasteiger partial charge is 0.393 e. The van der Waals surface area contributed by atoms with Gasteiger partial charge in [-0.05, 0) is 25.3 Å². The van der Waals surface area contributed by atoms with Crippen molar-refractivity contribution in [3.05, 3.63) is 38.4 Å². The molecule has 0 spiro atoms. The highest BCUT2D eigenvalue weighted by Gasteiger charge is 2.26. The van der Waals surface area contributed by atoms with E-state index in [0.717, 1.165) is 12.5 Å². The number of nitrogens with zero attached hydrogens (tertiary/aromatic N) is 2. The molecule has 1 aliphatic rings. The van der Waals surface area contributed by atoms with Gasteiger partial charge in [0.15, 0.2) is 0 Å². The molecule has 8 nitrogen and oxygen atoms in total. The molecule has 0 radical (unpaired) electrons. The number of aliphatic hydroxyl groups excluding tert-OH is 1. The third-order valence-corrected chi connectivity index (χ3v) is 3.15. The van der Waals surface area contributed by atoms with E-state index < -0.39 is 16.0 Å². The Morgan fingerprint density at radius 1 is 1.21 bits per heavy atom. The summed E-state index contributed by atoms with van der Waals surface area (Å²) in [7, 11) is 0. The average molecular weight is 267 g/mol. The first kappa shape index (κ1) is 13.2. The molecular weight excluding hydrogens is 254 g/mol. The Kier molecular flexibility index (Phi) is 3.61. The number of anilines is 1. The lowest BCUT2D eigenvalue weighted by Gasteiger charge is -2.13. The standard InChI is InChI=1S/C11H13N3O5/c15-9-3-1-7(5-9)12-10-4-2-8(13(16)17)6-11(10)14(18)19/h2,4,6-7,9,12,15H,1,3,5H2. The highest BCUT2D eigenvalue weighted by Crippen LogP contribution is 2.31. The van der Waals surface area contributed by atoms with Crippen molar-refractivity contribution in [3.63, 3.8) is 0 Å². The monoisotopic (exact) mass is 267 g/mol. The van der Waals surface area contributed by atoms with E-state index in [9.17, 15) is 25.3 Å². The van der Waals surface area contributed by atoms with Gasteiger partial charge in [0.1, 0.15) is 5.69 Å². The molecule has 102 valence electrons. The molecule has 2 N–H and O–H groups in total. The van der Waals surface area contributed by atoms with E-state index in [1.54, 1.807) is 0 Å². The molecule has 2 atom stereocenters. The molecule has 0 aromatic heterocycles. The zero-order valence-electron chi connectivity index (χ0n) is 9.98. The first-order chi connectivity index (χ1) is 8.97. The van der Waals surface area contributed by atoms with E-state index in [1.165, 1.54) is 12.1 Å². The predicted molar refractivity (Wildman–Crippen MR) is 67.0 cm³/mol. The minimum absolute atomic E-state index is 0.0462. The maximum atomic E-state index is 10.9. The number of nitrogens with one attached hydrogen (secondary N) is 1. The second-order valence-electron chi connectivity index (χ2n) is 4.52. The second kappa shape index (κ2) is 5.19. The molecule has 1 aromatic carbocycles. The van der Waals surface area contributed by atoms with Crippen molar-refractivity contribution < 1.29 is 15.0 Å². The number of rotatable bonds is 4. The van der Waals surface area contributed by atoms with Gasteiger partial charge in [-0.15, -0.1) is 0 Å². The van der Waals surface area contributed by atoms with Crippen LogP contribution in [-0.4, -0.2) is 27.1 Å². The van der Waals surface area contributed by atoms with Gasteiger partial charge in [0.2, 0.25) is 0 Å². The first-order valence-electron chi connectivity index (χ1n) is 5.85. The van der Waals surface area contributed by atoms with Gasteiger partial charge < -0.3 is 10.4 Å². The van der Waals surface area contributed by atoms with E-state index in [0.29, 0.717) is 12.8 Å². The Morgan fingerprint density at radius 2 is 1.95 bits per heavy atom. The fraction of sp³-hybridized carbons (Fsp3) is 0.455. The van der Waals surface area contributed by atoms with Gasteiger partial charge in [0.05, 0.1) is 22.0 Å². The van der Waals surface area contributed by atoms with Crippen LogP contribution in [0.4, 0.5) is 17.1 Å². The van der Waals surface area contributed by atoms with Crippen molar-refractivity contribution in [1.29, 1.82) is 0 Å². The van der Waals surface area contributed by atoms with Gasteiger partial charge >= 0.3 is 0 Å². The lowest BCUT2D eigenvalue weighted by molar-refractivity contribution is -0.393. The van der Waals surface area contributed by atoms with Crippen LogP contribution in [0.3, 0.4) is 0 Å². The van der Waals surface area contributed by atoms with Gasteiger partial charge in [-0.1, -0.05) is 0 Å². The third kappa shape index (κ3) is 2.97. The summed E-state index contributed by atoms with van der Waals surface area (Å²) in [6.45, 7) is 0. The van der Waals surface area contributed by atoms with E-state index in [1.807, 2.05) is 0 Å². The summed E-state index contributed by atoms with van der Waals surface area (Å²) < 4.78 is 0. The van der Waals surface area contributed by atoms with Crippen molar-refractivity contribution in [1.82, 2.24) is 0 Å². The summed E-state index contributed by atoms with van der Waals surface area (Å²) in [5.41, 5.74) is -0.394. The van der Waals surface area contributed by atoms with Crippen LogP contribution in [0.2, 0.25) is 0 Å². The van der Waals surface area contributed by atoms with Crippen LogP contribution < -0.4 is 5.32 Å². The molecular formula is C11H13N3O5. The smallest absolute Gasteiger partial charge is 0.299 e. The third-order valence-electron chi connectivity index (χ3n) is 3.15. The summed E-state index contributed by atoms with van der Waals surface area (Å²) in [5.74, 6) is 0. The average Bonchev–Trinajstić information content (AvgIpc) is 2.74. The Hall–Kier alpha value is -2.22. The van der Waals surface area contributed by atoms with Gasteiger partial charge in [0, 0.05) is 12.1 Å². The van der Waals surface area contributed by atoms with E-state index in [-0.39, 0.29) is 23.1 Å². The summed E-state index contributed by atoms with van der Waals surface area (Å²) in [5, 5.41) is 33.9. The van der Waals surface area contributed by atoms with Crippen LogP contribution in [0.25, 0.3) is 0 Å². The van der Waals surface area contributed by atoms with Gasteiger partial charge in [0.25, 0.3) is 11.4 Å². The van der Waals surface area contributed by atoms with E-state index in [2.05, 4.69) is 5.32 Å². The second-order valence-corrected chi connectivity index (χ2v) is 4.52. The molecule has 2 rings (SSSR count). The van der Waals surface area contributed by atoms with Crippen LogP contribution in [-0.2, 0) is 0 Å². The fourth-order valence-corrected chi connectivity index (χ4v) is 2.22. The number of hydrogen-bond donors (Lipinski definition) is 2. The minimum atomic E-state index is -0.671. The summed E-state index contributed by atoms with van der Waals surface area (Å²) in [4.78, 5) is 20.2. The first-order valence-corrected chi connectivity index (χ1v) is 5.85. The molecule has 8 heteroatoms. The fourth-order valence-electron chi connectivity index (χ4n) is 2.22. The lowest BCUT2D eigenvalue weighted by atomic mass is 10.2. The Morgan fingerprint density at radius 3 is 2.47 bits per heavy atom. The maximum absolute atomic E-state index is 10.9. The van der Waals surface area contributed by atoms with Gasteiger partial charge in [-0.2, -0.15) is 0 Å². The number of nitro benzene ring substituents is 2. The lowest BCUT2D eigenvalue weighted by Crippen LogP contribution is -2.17. The number of nitro groups is 2. The van der Waals surface area contributed by atoms with Gasteiger partial charge in [-0.3, -0.25) is 20.2 Å². The Bertz CT molecular complexity index is 519. The topological polar surface area (TPSA) is 119 Å². The molecule has 19 heavy (non-hydrogen) atoms. The molecule has 0 heterocycles. The number of non-ortho nitro benzene ring substituents is 1. The van der Waals surface area contributed by atoms with Crippen molar-refractivity contribution >= 4 is 17.1 Å². The Balaban J connectivity index is 2.24. The van der Waals surface area contributed by atoms with Gasteiger partial charge in [-0.25, -0.2) is 0 Å². The van der Waals surface area contributed by atoms with Crippen molar-refractivity contribution in [2.24, 2.45) is 0 Å². The number of benzene rings is 1. The van der Waals surface area contributed by atoms with Crippen molar-refractivity contribution in [2.75, 3.05) is 5.32 Å². The van der Waals surface area contributed by atoms with E-state index in [4.69, 9.17) is 0 Å². The number of hydrogen-bond acceptors (Lipinski definition) is 6. The van der Waals surface area contributed by atoms with Crippen LogP contribution in [0.1, 0.15) is 19.3 Å². The predicted octanol–water partition coefficient (Wildman–Crippen LogP) is 1.83. The summed E-state index contributed by atoms with van der Waals surface area (Å²) >= 11 is 0. The van der Waals surface area contributed by atoms with Crippen LogP contribution in [0, 0.1) is 20.2 Å². The van der Waals surface area contributed by atoms with E-state index >= 15 is 0 Å². The summed E-state index contributed by atoms with van der Waals surface area (Å²) in [6.07, 6.45) is 1.50. The molecule has 1 fully saturated rings. The molecule has 1 aliphatic carbocycles. The normalized spacial score (nSPS) is 22.2. The van der Waals surface area contributed by atoms with Crippen LogP contribution >= 0.6 is 0 Å². The molecule has 0 bridgehead atoms. The Labute approximate surface area is 108 Å². The molecule has 1 saturated carbocycles. The quantitative estimate of drug-likeness (QED) is 0.634. The zero-order valence-corrected chi connectivity index (χ0v) is 9.98. The van der Waals surface area contributed by atoms with Crippen LogP contribution in [0.15, 0.2) is 18.2 Å². The summed E-state index contributed by atoms with van der Waals surface area (Å²) in [6, 6.07) is 3.45. The number of aliphatic hydroxyl groups is 1.